The Labute approximate surface area is 122 Å². The van der Waals surface area contributed by atoms with E-state index in [1.807, 2.05) is 6.07 Å². The van der Waals surface area contributed by atoms with Gasteiger partial charge in [-0.2, -0.15) is 0 Å². The summed E-state index contributed by atoms with van der Waals surface area (Å²) in [6.07, 6.45) is 7.08. The van der Waals surface area contributed by atoms with Gasteiger partial charge in [-0.3, -0.25) is 0 Å². The van der Waals surface area contributed by atoms with Gasteiger partial charge in [0.25, 0.3) is 5.89 Å². The van der Waals surface area contributed by atoms with Crippen molar-refractivity contribution in [1.29, 1.82) is 0 Å². The normalized spacial score (nSPS) is 38.5. The fraction of sp³-hybridized carbons (Fsp3) is 0.625. The summed E-state index contributed by atoms with van der Waals surface area (Å²) in [6, 6.07) is 4.09. The molecule has 104 valence electrons. The minimum atomic E-state index is 0.545. The summed E-state index contributed by atoms with van der Waals surface area (Å²) in [7, 11) is 0. The van der Waals surface area contributed by atoms with Crippen LogP contribution in [0.1, 0.15) is 43.9 Å². The molecule has 0 radical (unpaired) electrons. The Kier molecular flexibility index (Phi) is 2.40. The van der Waals surface area contributed by atoms with E-state index in [4.69, 9.17) is 4.42 Å². The highest BCUT2D eigenvalue weighted by atomic mass is 32.1. The molecule has 4 saturated carbocycles. The lowest BCUT2D eigenvalue weighted by atomic mass is 9.52. The molecule has 4 heteroatoms. The lowest BCUT2D eigenvalue weighted by Gasteiger charge is -2.53. The summed E-state index contributed by atoms with van der Waals surface area (Å²) < 4.78 is 6.04. The van der Waals surface area contributed by atoms with E-state index in [1.165, 1.54) is 32.1 Å². The molecule has 0 spiro atoms. The second kappa shape index (κ2) is 4.17. The zero-order valence-electron chi connectivity index (χ0n) is 11.4. The van der Waals surface area contributed by atoms with Gasteiger partial charge in [0.05, 0.1) is 4.88 Å². The number of thiophene rings is 1. The van der Waals surface area contributed by atoms with E-state index in [-0.39, 0.29) is 0 Å². The topological polar surface area (TPSA) is 38.9 Å². The van der Waals surface area contributed by atoms with Crippen molar-refractivity contribution in [3.8, 4) is 10.8 Å². The molecule has 0 unspecified atom stereocenters. The molecule has 6 rings (SSSR count). The molecule has 0 saturated heterocycles. The van der Waals surface area contributed by atoms with Crippen LogP contribution in [-0.4, -0.2) is 10.2 Å². The number of aromatic nitrogens is 2. The van der Waals surface area contributed by atoms with Crippen LogP contribution in [0.3, 0.4) is 0 Å². The average Bonchev–Trinajstić information content (AvgIpc) is 3.08. The van der Waals surface area contributed by atoms with E-state index < -0.39 is 0 Å². The van der Waals surface area contributed by atoms with Gasteiger partial charge in [0.2, 0.25) is 5.89 Å². The van der Waals surface area contributed by atoms with E-state index in [0.717, 1.165) is 34.4 Å². The van der Waals surface area contributed by atoms with Crippen LogP contribution in [-0.2, 0) is 0 Å². The Balaban J connectivity index is 1.48. The highest BCUT2D eigenvalue weighted by molar-refractivity contribution is 7.13. The molecule has 2 heterocycles. The van der Waals surface area contributed by atoms with Crippen molar-refractivity contribution in [3.05, 3.63) is 23.4 Å². The molecule has 2 aromatic heterocycles. The van der Waals surface area contributed by atoms with E-state index in [0.29, 0.717) is 11.8 Å². The molecule has 2 aromatic rings. The maximum Gasteiger partial charge on any atom is 0.257 e. The molecular formula is C16H18N2OS. The van der Waals surface area contributed by atoms with Crippen LogP contribution in [0.2, 0.25) is 0 Å². The van der Waals surface area contributed by atoms with Crippen LogP contribution < -0.4 is 0 Å². The van der Waals surface area contributed by atoms with Gasteiger partial charge < -0.3 is 4.42 Å². The molecule has 0 N–H and O–H groups in total. The molecule has 0 atom stereocenters. The lowest BCUT2D eigenvalue weighted by Crippen LogP contribution is -2.43. The molecule has 4 fully saturated rings. The molecule has 0 aromatic carbocycles. The van der Waals surface area contributed by atoms with Crippen LogP contribution in [0.15, 0.2) is 21.9 Å². The molecule has 4 bridgehead atoms. The monoisotopic (exact) mass is 286 g/mol. The SMILES string of the molecule is c1csc(-c2nnc(C3C4CC5CC(C4)CC3C5)o2)c1. The third-order valence-corrected chi connectivity index (χ3v) is 6.54. The van der Waals surface area contributed by atoms with Crippen molar-refractivity contribution in [1.82, 2.24) is 10.2 Å². The zero-order chi connectivity index (χ0) is 13.1. The van der Waals surface area contributed by atoms with Crippen molar-refractivity contribution < 1.29 is 4.42 Å². The zero-order valence-corrected chi connectivity index (χ0v) is 12.2. The molecule has 0 amide bonds. The summed E-state index contributed by atoms with van der Waals surface area (Å²) in [5, 5.41) is 10.8. The molecular weight excluding hydrogens is 268 g/mol. The van der Waals surface area contributed by atoms with E-state index >= 15 is 0 Å². The summed E-state index contributed by atoms with van der Waals surface area (Å²) in [6.45, 7) is 0. The predicted molar refractivity (Wildman–Crippen MR) is 77.4 cm³/mol. The average molecular weight is 286 g/mol. The first-order valence-electron chi connectivity index (χ1n) is 7.74. The highest BCUT2D eigenvalue weighted by Crippen LogP contribution is 2.59. The fourth-order valence-corrected chi connectivity index (χ4v) is 5.84. The number of hydrogen-bond donors (Lipinski definition) is 0. The largest absolute Gasteiger partial charge is 0.420 e. The van der Waals surface area contributed by atoms with Crippen molar-refractivity contribution >= 4 is 11.3 Å². The Morgan fingerprint density at radius 1 is 1.00 bits per heavy atom. The summed E-state index contributed by atoms with van der Waals surface area (Å²) in [5.41, 5.74) is 0. The quantitative estimate of drug-likeness (QED) is 0.824. The first-order valence-corrected chi connectivity index (χ1v) is 8.62. The van der Waals surface area contributed by atoms with Gasteiger partial charge in [-0.25, -0.2) is 0 Å². The minimum absolute atomic E-state index is 0.545. The van der Waals surface area contributed by atoms with Gasteiger partial charge in [0.1, 0.15) is 0 Å². The van der Waals surface area contributed by atoms with Gasteiger partial charge in [0.15, 0.2) is 0 Å². The molecule has 20 heavy (non-hydrogen) atoms. The third-order valence-electron chi connectivity index (χ3n) is 5.68. The molecule has 4 aliphatic carbocycles. The maximum atomic E-state index is 6.04. The van der Waals surface area contributed by atoms with Crippen LogP contribution >= 0.6 is 11.3 Å². The summed E-state index contributed by atoms with van der Waals surface area (Å²) in [5.74, 6) is 5.78. The maximum absolute atomic E-state index is 6.04. The van der Waals surface area contributed by atoms with Gasteiger partial charge in [-0.05, 0) is 67.2 Å². The van der Waals surface area contributed by atoms with E-state index in [2.05, 4.69) is 21.6 Å². The summed E-state index contributed by atoms with van der Waals surface area (Å²) >= 11 is 1.67. The summed E-state index contributed by atoms with van der Waals surface area (Å²) in [4.78, 5) is 1.09. The number of nitrogens with zero attached hydrogens (tertiary/aromatic N) is 2. The van der Waals surface area contributed by atoms with Crippen LogP contribution in [0.25, 0.3) is 10.8 Å². The van der Waals surface area contributed by atoms with Crippen LogP contribution in [0.4, 0.5) is 0 Å². The Morgan fingerprint density at radius 2 is 1.75 bits per heavy atom. The van der Waals surface area contributed by atoms with Crippen LogP contribution in [0, 0.1) is 23.7 Å². The predicted octanol–water partition coefficient (Wildman–Crippen LogP) is 4.34. The number of rotatable bonds is 2. The fourth-order valence-electron chi connectivity index (χ4n) is 5.20. The van der Waals surface area contributed by atoms with E-state index in [9.17, 15) is 0 Å². The first kappa shape index (κ1) is 11.5. The minimum Gasteiger partial charge on any atom is -0.420 e. The Hall–Kier alpha value is -1.16. The standard InChI is InChI=1S/C16H18N2OS/c1-2-13(20-3-1)15-17-18-16(19-15)14-11-5-9-4-10(7-11)8-12(14)6-9/h1-3,9-12,14H,4-8H2. The second-order valence-electron chi connectivity index (χ2n) is 6.88. The third kappa shape index (κ3) is 1.63. The van der Waals surface area contributed by atoms with Gasteiger partial charge in [0, 0.05) is 5.92 Å². The van der Waals surface area contributed by atoms with Gasteiger partial charge in [-0.1, -0.05) is 6.07 Å². The Morgan fingerprint density at radius 3 is 2.40 bits per heavy atom. The van der Waals surface area contributed by atoms with Crippen molar-refractivity contribution in [2.24, 2.45) is 23.7 Å². The second-order valence-corrected chi connectivity index (χ2v) is 7.83. The number of hydrogen-bond acceptors (Lipinski definition) is 4. The Bertz CT molecular complexity index is 590. The molecule has 3 nitrogen and oxygen atoms in total. The molecule has 4 aliphatic rings. The highest BCUT2D eigenvalue weighted by Gasteiger charge is 2.50. The van der Waals surface area contributed by atoms with E-state index in [1.54, 1.807) is 11.3 Å². The van der Waals surface area contributed by atoms with Crippen LogP contribution in [0.5, 0.6) is 0 Å². The molecule has 0 aliphatic heterocycles. The van der Waals surface area contributed by atoms with Crippen molar-refractivity contribution in [3.63, 3.8) is 0 Å². The lowest BCUT2D eigenvalue weighted by molar-refractivity contribution is -0.0113. The first-order chi connectivity index (χ1) is 9.87. The van der Waals surface area contributed by atoms with Gasteiger partial charge in [-0.15, -0.1) is 21.5 Å². The van der Waals surface area contributed by atoms with Crippen molar-refractivity contribution in [2.45, 2.75) is 38.0 Å². The van der Waals surface area contributed by atoms with Crippen molar-refractivity contribution in [2.75, 3.05) is 0 Å². The smallest absolute Gasteiger partial charge is 0.257 e. The van der Waals surface area contributed by atoms with Gasteiger partial charge >= 0.3 is 0 Å².